The lowest BCUT2D eigenvalue weighted by atomic mass is 10.00. The third kappa shape index (κ3) is 3.66. The molecule has 0 amide bonds. The Morgan fingerprint density at radius 2 is 1.04 bits per heavy atom. The highest BCUT2D eigenvalue weighted by atomic mass is 19.4. The molecular formula is C13H10F9N. The van der Waals surface area contributed by atoms with Gasteiger partial charge >= 0.3 is 18.5 Å². The fourth-order valence-electron chi connectivity index (χ4n) is 2.51. The minimum atomic E-state index is -5.33. The predicted molar refractivity (Wildman–Crippen MR) is 62.9 cm³/mol. The molecule has 0 unspecified atom stereocenters. The van der Waals surface area contributed by atoms with E-state index in [1.54, 1.807) is 0 Å². The largest absolute Gasteiger partial charge is 0.418 e. The normalized spacial score (nSPS) is 17.0. The molecule has 23 heavy (non-hydrogen) atoms. The molecule has 1 saturated heterocycles. The Bertz CT molecular complexity index is 542. The molecule has 1 aromatic rings. The molecule has 0 atom stereocenters. The first-order valence-electron chi connectivity index (χ1n) is 6.46. The van der Waals surface area contributed by atoms with Crippen molar-refractivity contribution in [2.45, 2.75) is 31.4 Å². The predicted octanol–water partition coefficient (Wildman–Crippen LogP) is 5.34. The standard InChI is InChI=1S/C13H10F9N/c14-11(15,16)7-5-8(12(17,18)19)10(23-3-1-2-4-23)9(6-7)13(20,21)22/h5-6H,1-4H2. The Hall–Kier alpha value is -1.61. The summed E-state index contributed by atoms with van der Waals surface area (Å²) in [5.74, 6) is 0. The van der Waals surface area contributed by atoms with Crippen molar-refractivity contribution in [2.24, 2.45) is 0 Å². The molecule has 1 aromatic carbocycles. The molecule has 0 saturated carbocycles. The van der Waals surface area contributed by atoms with Gasteiger partial charge < -0.3 is 4.90 Å². The van der Waals surface area contributed by atoms with E-state index in [4.69, 9.17) is 0 Å². The molecule has 0 aliphatic carbocycles. The van der Waals surface area contributed by atoms with Crippen LogP contribution in [0.25, 0.3) is 0 Å². The Labute approximate surface area is 124 Å². The average molecular weight is 351 g/mol. The number of benzene rings is 1. The van der Waals surface area contributed by atoms with E-state index in [-0.39, 0.29) is 25.2 Å². The van der Waals surface area contributed by atoms with E-state index >= 15 is 0 Å². The van der Waals surface area contributed by atoms with Crippen molar-refractivity contribution in [3.05, 3.63) is 28.8 Å². The van der Waals surface area contributed by atoms with E-state index in [2.05, 4.69) is 0 Å². The van der Waals surface area contributed by atoms with Gasteiger partial charge in [-0.15, -0.1) is 0 Å². The van der Waals surface area contributed by atoms with Crippen molar-refractivity contribution in [3.8, 4) is 0 Å². The number of nitrogens with zero attached hydrogens (tertiary/aromatic N) is 1. The number of hydrogen-bond donors (Lipinski definition) is 0. The number of rotatable bonds is 1. The summed E-state index contributed by atoms with van der Waals surface area (Å²) in [6.07, 6.45) is -15.2. The van der Waals surface area contributed by atoms with Crippen LogP contribution in [0, 0.1) is 0 Å². The number of alkyl halides is 9. The van der Waals surface area contributed by atoms with Crippen molar-refractivity contribution in [2.75, 3.05) is 18.0 Å². The van der Waals surface area contributed by atoms with Gasteiger partial charge in [0.2, 0.25) is 0 Å². The van der Waals surface area contributed by atoms with E-state index in [1.165, 1.54) is 0 Å². The minimum Gasteiger partial charge on any atom is -0.371 e. The quantitative estimate of drug-likeness (QED) is 0.617. The van der Waals surface area contributed by atoms with E-state index in [0.29, 0.717) is 12.8 Å². The summed E-state index contributed by atoms with van der Waals surface area (Å²) in [5.41, 5.74) is -7.03. The number of anilines is 1. The monoisotopic (exact) mass is 351 g/mol. The lowest BCUT2D eigenvalue weighted by Gasteiger charge is -2.28. The third-order valence-electron chi connectivity index (χ3n) is 3.47. The van der Waals surface area contributed by atoms with Crippen molar-refractivity contribution < 1.29 is 39.5 Å². The van der Waals surface area contributed by atoms with Crippen LogP contribution in [0.3, 0.4) is 0 Å². The molecule has 130 valence electrons. The van der Waals surface area contributed by atoms with Crippen LogP contribution in [0.4, 0.5) is 45.2 Å². The van der Waals surface area contributed by atoms with Gasteiger partial charge in [0.1, 0.15) is 0 Å². The molecule has 0 bridgehead atoms. The maximum atomic E-state index is 13.1. The molecule has 1 aliphatic rings. The summed E-state index contributed by atoms with van der Waals surface area (Å²) in [6.45, 7) is -0.144. The van der Waals surface area contributed by atoms with E-state index < -0.39 is 40.9 Å². The second kappa shape index (κ2) is 5.48. The molecular weight excluding hydrogens is 341 g/mol. The molecule has 2 rings (SSSR count). The molecule has 1 aliphatic heterocycles. The maximum absolute atomic E-state index is 13.1. The van der Waals surface area contributed by atoms with Gasteiger partial charge in [-0.2, -0.15) is 39.5 Å². The van der Waals surface area contributed by atoms with Crippen LogP contribution in [0.2, 0.25) is 0 Å². The van der Waals surface area contributed by atoms with Crippen LogP contribution in [0.15, 0.2) is 12.1 Å². The summed E-state index contributed by atoms with van der Waals surface area (Å²) >= 11 is 0. The van der Waals surface area contributed by atoms with Crippen molar-refractivity contribution in [1.82, 2.24) is 0 Å². The SMILES string of the molecule is FC(F)(F)c1cc(C(F)(F)F)c(N2CCCC2)c(C(F)(F)F)c1. The zero-order chi connectivity index (χ0) is 17.6. The van der Waals surface area contributed by atoms with Crippen molar-refractivity contribution in [3.63, 3.8) is 0 Å². The smallest absolute Gasteiger partial charge is 0.371 e. The average Bonchev–Trinajstić information content (AvgIpc) is 2.87. The van der Waals surface area contributed by atoms with Crippen LogP contribution in [0.5, 0.6) is 0 Å². The molecule has 1 nitrogen and oxygen atoms in total. The van der Waals surface area contributed by atoms with Gasteiger partial charge in [-0.05, 0) is 25.0 Å². The van der Waals surface area contributed by atoms with Crippen LogP contribution < -0.4 is 4.90 Å². The minimum absolute atomic E-state index is 0.0719. The van der Waals surface area contributed by atoms with Crippen LogP contribution in [0.1, 0.15) is 29.5 Å². The van der Waals surface area contributed by atoms with Gasteiger partial charge in [-0.25, -0.2) is 0 Å². The maximum Gasteiger partial charge on any atom is 0.418 e. The fourth-order valence-corrected chi connectivity index (χ4v) is 2.51. The summed E-state index contributed by atoms with van der Waals surface area (Å²) < 4.78 is 117. The van der Waals surface area contributed by atoms with Crippen LogP contribution >= 0.6 is 0 Å². The summed E-state index contributed by atoms with van der Waals surface area (Å²) in [6, 6.07) is -0.522. The molecule has 1 fully saturated rings. The summed E-state index contributed by atoms with van der Waals surface area (Å²) in [5, 5.41) is 0. The zero-order valence-corrected chi connectivity index (χ0v) is 11.3. The fraction of sp³-hybridized carbons (Fsp3) is 0.538. The second-order valence-corrected chi connectivity index (χ2v) is 5.11. The van der Waals surface area contributed by atoms with Crippen LogP contribution in [-0.2, 0) is 18.5 Å². The molecule has 0 spiro atoms. The van der Waals surface area contributed by atoms with Gasteiger partial charge in [0.15, 0.2) is 0 Å². The summed E-state index contributed by atoms with van der Waals surface area (Å²) in [4.78, 5) is 0.839. The molecule has 0 radical (unpaired) electrons. The topological polar surface area (TPSA) is 3.24 Å². The van der Waals surface area contributed by atoms with E-state index in [9.17, 15) is 39.5 Å². The Balaban J connectivity index is 2.80. The molecule has 0 N–H and O–H groups in total. The van der Waals surface area contributed by atoms with Gasteiger partial charge in [-0.1, -0.05) is 0 Å². The van der Waals surface area contributed by atoms with E-state index in [0.717, 1.165) is 4.90 Å². The second-order valence-electron chi connectivity index (χ2n) is 5.11. The first-order valence-corrected chi connectivity index (χ1v) is 6.46. The first-order chi connectivity index (χ1) is 10.3. The van der Waals surface area contributed by atoms with Gasteiger partial charge in [0.05, 0.1) is 22.4 Å². The highest BCUT2D eigenvalue weighted by molar-refractivity contribution is 5.64. The van der Waals surface area contributed by atoms with Gasteiger partial charge in [-0.3, -0.25) is 0 Å². The third-order valence-corrected chi connectivity index (χ3v) is 3.47. The number of halogens is 9. The molecule has 1 heterocycles. The summed E-state index contributed by atoms with van der Waals surface area (Å²) in [7, 11) is 0. The van der Waals surface area contributed by atoms with Crippen molar-refractivity contribution in [1.29, 1.82) is 0 Å². The Morgan fingerprint density at radius 3 is 1.35 bits per heavy atom. The Kier molecular flexibility index (Phi) is 4.23. The van der Waals surface area contributed by atoms with Gasteiger partial charge in [0, 0.05) is 13.1 Å². The Morgan fingerprint density at radius 1 is 0.652 bits per heavy atom. The highest BCUT2D eigenvalue weighted by Crippen LogP contribution is 2.48. The van der Waals surface area contributed by atoms with Crippen molar-refractivity contribution >= 4 is 5.69 Å². The van der Waals surface area contributed by atoms with Gasteiger partial charge in [0.25, 0.3) is 0 Å². The lowest BCUT2D eigenvalue weighted by molar-refractivity contribution is -0.147. The van der Waals surface area contributed by atoms with E-state index in [1.807, 2.05) is 0 Å². The first kappa shape index (κ1) is 17.7. The molecule has 0 aromatic heterocycles. The highest BCUT2D eigenvalue weighted by Gasteiger charge is 2.46. The van der Waals surface area contributed by atoms with Crippen LogP contribution in [-0.4, -0.2) is 13.1 Å². The lowest BCUT2D eigenvalue weighted by Crippen LogP contribution is -2.27. The number of hydrogen-bond acceptors (Lipinski definition) is 1. The molecule has 10 heteroatoms. The zero-order valence-electron chi connectivity index (χ0n) is 11.3.